The Labute approximate surface area is 125 Å². The molecule has 2 N–H and O–H groups in total. The second kappa shape index (κ2) is 9.46. The molecule has 0 rings (SSSR count). The Kier molecular flexibility index (Phi) is 8.78. The number of hydrogen-bond acceptors (Lipinski definition) is 2. The third kappa shape index (κ3) is 7.22. The van der Waals surface area contributed by atoms with Crippen LogP contribution in [0.2, 0.25) is 0 Å². The lowest BCUT2D eigenvalue weighted by Crippen LogP contribution is -2.11. The van der Waals surface area contributed by atoms with Crippen molar-refractivity contribution in [3.05, 3.63) is 47.0 Å². The lowest BCUT2D eigenvalue weighted by molar-refractivity contribution is 0.343. The van der Waals surface area contributed by atoms with Crippen LogP contribution in [0, 0.1) is 11.8 Å². The van der Waals surface area contributed by atoms with Crippen LogP contribution in [-0.4, -0.2) is 5.11 Å². The summed E-state index contributed by atoms with van der Waals surface area (Å²) in [6.45, 7) is 14.5. The van der Waals surface area contributed by atoms with E-state index in [9.17, 15) is 5.11 Å². The fraction of sp³-hybridized carbons (Fsp3) is 0.556. The van der Waals surface area contributed by atoms with Crippen LogP contribution in [0.4, 0.5) is 0 Å². The van der Waals surface area contributed by atoms with Gasteiger partial charge in [0.15, 0.2) is 0 Å². The van der Waals surface area contributed by atoms with Gasteiger partial charge in [0.1, 0.15) is 5.76 Å². The zero-order valence-electron chi connectivity index (χ0n) is 14.1. The molecule has 0 radical (unpaired) electrons. The second-order valence-electron chi connectivity index (χ2n) is 5.90. The van der Waals surface area contributed by atoms with Gasteiger partial charge in [-0.1, -0.05) is 51.0 Å². The van der Waals surface area contributed by atoms with Crippen molar-refractivity contribution in [2.45, 2.75) is 54.9 Å². The smallest absolute Gasteiger partial charge is 0.118 e. The van der Waals surface area contributed by atoms with Crippen molar-refractivity contribution in [3.8, 4) is 0 Å². The molecule has 0 saturated carbocycles. The van der Waals surface area contributed by atoms with Crippen molar-refractivity contribution in [2.24, 2.45) is 11.8 Å². The molecule has 0 heterocycles. The molecule has 0 aromatic rings. The lowest BCUT2D eigenvalue weighted by Gasteiger charge is -2.13. The number of allylic oxidation sites excluding steroid dienone is 6. The van der Waals surface area contributed by atoms with Gasteiger partial charge in [-0.05, 0) is 39.2 Å². The third-order valence-electron chi connectivity index (χ3n) is 3.26. The van der Waals surface area contributed by atoms with Gasteiger partial charge < -0.3 is 10.4 Å². The Morgan fingerprint density at radius 1 is 1.10 bits per heavy atom. The Morgan fingerprint density at radius 3 is 2.15 bits per heavy atom. The zero-order chi connectivity index (χ0) is 15.7. The molecule has 0 saturated heterocycles. The van der Waals surface area contributed by atoms with E-state index in [1.807, 2.05) is 39.1 Å². The van der Waals surface area contributed by atoms with Gasteiger partial charge in [-0.3, -0.25) is 0 Å². The van der Waals surface area contributed by atoms with E-state index >= 15 is 0 Å². The first-order valence-electron chi connectivity index (χ1n) is 7.44. The van der Waals surface area contributed by atoms with Gasteiger partial charge in [-0.25, -0.2) is 0 Å². The largest absolute Gasteiger partial charge is 0.510 e. The summed E-state index contributed by atoms with van der Waals surface area (Å²) in [6.07, 6.45) is 9.07. The summed E-state index contributed by atoms with van der Waals surface area (Å²) in [5.41, 5.74) is 3.27. The highest BCUT2D eigenvalue weighted by Crippen LogP contribution is 2.15. The number of aliphatic hydroxyl groups is 1. The first-order chi connectivity index (χ1) is 9.29. The molecule has 0 atom stereocenters. The van der Waals surface area contributed by atoms with Crippen molar-refractivity contribution in [1.29, 1.82) is 0 Å². The predicted molar refractivity (Wildman–Crippen MR) is 89.4 cm³/mol. The highest BCUT2D eigenvalue weighted by molar-refractivity contribution is 5.27. The summed E-state index contributed by atoms with van der Waals surface area (Å²) in [4.78, 5) is 0. The van der Waals surface area contributed by atoms with Gasteiger partial charge in [0.2, 0.25) is 0 Å². The molecular formula is C18H31NO. The summed E-state index contributed by atoms with van der Waals surface area (Å²) in [7, 11) is 0. The molecule has 0 aromatic heterocycles. The minimum Gasteiger partial charge on any atom is -0.510 e. The molecule has 0 aliphatic carbocycles. The Bertz CT molecular complexity index is 409. The molecule has 0 bridgehead atoms. The molecule has 2 nitrogen and oxygen atoms in total. The minimum absolute atomic E-state index is 0.107. The Morgan fingerprint density at radius 2 is 1.70 bits per heavy atom. The highest BCUT2D eigenvalue weighted by Gasteiger charge is 2.07. The quantitative estimate of drug-likeness (QED) is 0.367. The summed E-state index contributed by atoms with van der Waals surface area (Å²) >= 11 is 0. The molecule has 2 heteroatoms. The van der Waals surface area contributed by atoms with Crippen LogP contribution in [0.1, 0.15) is 54.9 Å². The van der Waals surface area contributed by atoms with E-state index in [2.05, 4.69) is 39.1 Å². The predicted octanol–water partition coefficient (Wildman–Crippen LogP) is 5.47. The van der Waals surface area contributed by atoms with Crippen LogP contribution in [0.25, 0.3) is 0 Å². The van der Waals surface area contributed by atoms with Crippen molar-refractivity contribution in [2.75, 3.05) is 0 Å². The Hall–Kier alpha value is -1.44. The van der Waals surface area contributed by atoms with Crippen LogP contribution in [0.3, 0.4) is 0 Å². The molecule has 0 spiro atoms. The standard InChI is InChI=1S/C18H31NO/c1-8-9-10-15(6)11-17(18(20)14(4)5)19-12-16(7)13(2)3/h8-9,11-14,19-20H,10H2,1-7H3/b9-8+,15-11-,16-12+,18-17-. The van der Waals surface area contributed by atoms with E-state index < -0.39 is 0 Å². The van der Waals surface area contributed by atoms with E-state index in [0.717, 1.165) is 12.1 Å². The van der Waals surface area contributed by atoms with E-state index in [4.69, 9.17) is 0 Å². The first kappa shape index (κ1) is 18.6. The fourth-order valence-corrected chi connectivity index (χ4v) is 1.47. The normalized spacial score (nSPS) is 15.2. The van der Waals surface area contributed by atoms with Crippen molar-refractivity contribution >= 4 is 0 Å². The van der Waals surface area contributed by atoms with Crippen LogP contribution in [0.5, 0.6) is 0 Å². The molecule has 0 unspecified atom stereocenters. The maximum absolute atomic E-state index is 10.2. The summed E-state index contributed by atoms with van der Waals surface area (Å²) in [6, 6.07) is 0. The summed E-state index contributed by atoms with van der Waals surface area (Å²) in [5, 5.41) is 13.5. The molecule has 114 valence electrons. The minimum atomic E-state index is 0.107. The zero-order valence-corrected chi connectivity index (χ0v) is 14.1. The van der Waals surface area contributed by atoms with Crippen LogP contribution >= 0.6 is 0 Å². The Balaban J connectivity index is 5.23. The van der Waals surface area contributed by atoms with E-state index in [-0.39, 0.29) is 5.92 Å². The van der Waals surface area contributed by atoms with Crippen LogP contribution < -0.4 is 5.32 Å². The molecule has 0 fully saturated rings. The number of nitrogens with one attached hydrogen (secondary N) is 1. The van der Waals surface area contributed by atoms with Gasteiger partial charge in [0.05, 0.1) is 5.70 Å². The van der Waals surface area contributed by atoms with Crippen LogP contribution in [0.15, 0.2) is 47.0 Å². The van der Waals surface area contributed by atoms with Crippen molar-refractivity contribution < 1.29 is 5.11 Å². The molecule has 0 aliphatic heterocycles. The monoisotopic (exact) mass is 277 g/mol. The van der Waals surface area contributed by atoms with E-state index in [1.165, 1.54) is 11.1 Å². The first-order valence-corrected chi connectivity index (χ1v) is 7.44. The molecule has 0 amide bonds. The number of hydrogen-bond donors (Lipinski definition) is 2. The fourth-order valence-electron chi connectivity index (χ4n) is 1.47. The summed E-state index contributed by atoms with van der Waals surface area (Å²) in [5.74, 6) is 1.01. The second-order valence-corrected chi connectivity index (χ2v) is 5.90. The average molecular weight is 277 g/mol. The third-order valence-corrected chi connectivity index (χ3v) is 3.26. The highest BCUT2D eigenvalue weighted by atomic mass is 16.3. The van der Waals surface area contributed by atoms with Crippen molar-refractivity contribution in [1.82, 2.24) is 5.32 Å². The SMILES string of the molecule is C/C=C/C/C(C)=C\C(N/C=C(\C)C(C)C)=C(\O)C(C)C. The van der Waals surface area contributed by atoms with Gasteiger partial charge in [-0.2, -0.15) is 0 Å². The summed E-state index contributed by atoms with van der Waals surface area (Å²) < 4.78 is 0. The topological polar surface area (TPSA) is 32.3 Å². The average Bonchev–Trinajstić information content (AvgIpc) is 2.39. The van der Waals surface area contributed by atoms with Gasteiger partial charge in [0, 0.05) is 12.1 Å². The maximum Gasteiger partial charge on any atom is 0.118 e. The van der Waals surface area contributed by atoms with Crippen LogP contribution in [-0.2, 0) is 0 Å². The van der Waals surface area contributed by atoms with Crippen molar-refractivity contribution in [3.63, 3.8) is 0 Å². The molecule has 20 heavy (non-hydrogen) atoms. The molecule has 0 aromatic carbocycles. The van der Waals surface area contributed by atoms with Gasteiger partial charge in [0.25, 0.3) is 0 Å². The van der Waals surface area contributed by atoms with E-state index in [1.54, 1.807) is 0 Å². The van der Waals surface area contributed by atoms with Gasteiger partial charge in [-0.15, -0.1) is 0 Å². The van der Waals surface area contributed by atoms with Gasteiger partial charge >= 0.3 is 0 Å². The number of rotatable bonds is 7. The number of aliphatic hydroxyl groups excluding tert-OH is 1. The molecular weight excluding hydrogens is 246 g/mol. The maximum atomic E-state index is 10.2. The van der Waals surface area contributed by atoms with E-state index in [0.29, 0.717) is 11.7 Å². The lowest BCUT2D eigenvalue weighted by atomic mass is 10.1. The molecule has 0 aliphatic rings.